The second kappa shape index (κ2) is 5.92. The molecule has 0 saturated carbocycles. The van der Waals surface area contributed by atoms with Crippen LogP contribution in [0.1, 0.15) is 25.8 Å². The Balaban J connectivity index is 1.85. The summed E-state index contributed by atoms with van der Waals surface area (Å²) >= 11 is 0. The average Bonchev–Trinajstić information content (AvgIpc) is 2.34. The molecule has 1 N–H and O–H groups in total. The highest BCUT2D eigenvalue weighted by Gasteiger charge is 2.08. The number of nitrogens with one attached hydrogen (secondary N) is 1. The second-order valence-electron chi connectivity index (χ2n) is 4.62. The first-order valence-electron chi connectivity index (χ1n) is 6.37. The van der Waals surface area contributed by atoms with E-state index in [2.05, 4.69) is 17.4 Å². The SMILES string of the molecule is CC(C)OCCOc1ccc2c(c1)NCCC2. The van der Waals surface area contributed by atoms with Gasteiger partial charge in [0.2, 0.25) is 0 Å². The molecule has 3 heteroatoms. The largest absolute Gasteiger partial charge is 0.491 e. The highest BCUT2D eigenvalue weighted by molar-refractivity contribution is 5.56. The molecule has 1 aliphatic rings. The van der Waals surface area contributed by atoms with Gasteiger partial charge in [-0.25, -0.2) is 0 Å². The van der Waals surface area contributed by atoms with Crippen LogP contribution >= 0.6 is 0 Å². The Morgan fingerprint density at radius 3 is 3.00 bits per heavy atom. The number of aryl methyl sites for hydroxylation is 1. The van der Waals surface area contributed by atoms with Gasteiger partial charge in [-0.15, -0.1) is 0 Å². The van der Waals surface area contributed by atoms with Crippen molar-refractivity contribution < 1.29 is 9.47 Å². The molecule has 0 fully saturated rings. The highest BCUT2D eigenvalue weighted by atomic mass is 16.5. The van der Waals surface area contributed by atoms with Crippen LogP contribution in [0.3, 0.4) is 0 Å². The van der Waals surface area contributed by atoms with Crippen molar-refractivity contribution in [2.24, 2.45) is 0 Å². The Morgan fingerprint density at radius 2 is 2.18 bits per heavy atom. The third kappa shape index (κ3) is 3.63. The topological polar surface area (TPSA) is 30.5 Å². The zero-order valence-corrected chi connectivity index (χ0v) is 10.7. The smallest absolute Gasteiger partial charge is 0.121 e. The summed E-state index contributed by atoms with van der Waals surface area (Å²) in [6.45, 7) is 6.37. The van der Waals surface area contributed by atoms with E-state index in [9.17, 15) is 0 Å². The summed E-state index contributed by atoms with van der Waals surface area (Å²) in [4.78, 5) is 0. The summed E-state index contributed by atoms with van der Waals surface area (Å²) in [6.07, 6.45) is 2.65. The lowest BCUT2D eigenvalue weighted by atomic mass is 10.0. The molecule has 2 rings (SSSR count). The van der Waals surface area contributed by atoms with Crippen LogP contribution in [0.2, 0.25) is 0 Å². The molecule has 94 valence electrons. The summed E-state index contributed by atoms with van der Waals surface area (Å²) in [5.41, 5.74) is 2.61. The Kier molecular flexibility index (Phi) is 4.26. The van der Waals surface area contributed by atoms with Crippen molar-refractivity contribution in [3.63, 3.8) is 0 Å². The third-order valence-electron chi connectivity index (χ3n) is 2.82. The maximum Gasteiger partial charge on any atom is 0.121 e. The summed E-state index contributed by atoms with van der Waals surface area (Å²) < 4.78 is 11.1. The molecule has 17 heavy (non-hydrogen) atoms. The minimum atomic E-state index is 0.267. The minimum Gasteiger partial charge on any atom is -0.491 e. The molecule has 0 bridgehead atoms. The Bertz CT molecular complexity index is 363. The number of hydrogen-bond acceptors (Lipinski definition) is 3. The van der Waals surface area contributed by atoms with Crippen LogP contribution in [0.5, 0.6) is 5.75 Å². The monoisotopic (exact) mass is 235 g/mol. The second-order valence-corrected chi connectivity index (χ2v) is 4.62. The number of fused-ring (bicyclic) bond motifs is 1. The third-order valence-corrected chi connectivity index (χ3v) is 2.82. The first kappa shape index (κ1) is 12.2. The lowest BCUT2D eigenvalue weighted by molar-refractivity contribution is 0.0553. The molecule has 0 radical (unpaired) electrons. The van der Waals surface area contributed by atoms with E-state index >= 15 is 0 Å². The number of ether oxygens (including phenoxy) is 2. The van der Waals surface area contributed by atoms with E-state index in [0.717, 1.165) is 12.3 Å². The van der Waals surface area contributed by atoms with Crippen molar-refractivity contribution in [3.05, 3.63) is 23.8 Å². The van der Waals surface area contributed by atoms with Crippen LogP contribution in [-0.2, 0) is 11.2 Å². The first-order chi connectivity index (χ1) is 8.25. The van der Waals surface area contributed by atoms with Gasteiger partial charge in [-0.3, -0.25) is 0 Å². The van der Waals surface area contributed by atoms with Crippen molar-refractivity contribution >= 4 is 5.69 Å². The van der Waals surface area contributed by atoms with Crippen LogP contribution in [0.15, 0.2) is 18.2 Å². The maximum absolute atomic E-state index is 5.66. The molecule has 1 heterocycles. The highest BCUT2D eigenvalue weighted by Crippen LogP contribution is 2.26. The predicted octanol–water partition coefficient (Wildman–Crippen LogP) is 2.85. The lowest BCUT2D eigenvalue weighted by Crippen LogP contribution is -2.13. The molecule has 0 amide bonds. The molecule has 0 aliphatic carbocycles. The zero-order valence-electron chi connectivity index (χ0n) is 10.7. The normalized spacial score (nSPS) is 14.3. The maximum atomic E-state index is 5.66. The van der Waals surface area contributed by atoms with Gasteiger partial charge in [0.25, 0.3) is 0 Å². The van der Waals surface area contributed by atoms with Gasteiger partial charge >= 0.3 is 0 Å². The van der Waals surface area contributed by atoms with E-state index in [1.807, 2.05) is 19.9 Å². The Morgan fingerprint density at radius 1 is 1.29 bits per heavy atom. The molecule has 0 aromatic heterocycles. The molecule has 3 nitrogen and oxygen atoms in total. The van der Waals surface area contributed by atoms with E-state index in [4.69, 9.17) is 9.47 Å². The van der Waals surface area contributed by atoms with Gasteiger partial charge in [-0.1, -0.05) is 6.07 Å². The van der Waals surface area contributed by atoms with Crippen molar-refractivity contribution in [3.8, 4) is 5.75 Å². The number of rotatable bonds is 5. The van der Waals surface area contributed by atoms with E-state index < -0.39 is 0 Å². The van der Waals surface area contributed by atoms with E-state index in [1.165, 1.54) is 24.1 Å². The van der Waals surface area contributed by atoms with Gasteiger partial charge in [-0.2, -0.15) is 0 Å². The van der Waals surface area contributed by atoms with Gasteiger partial charge in [0.1, 0.15) is 12.4 Å². The quantitative estimate of drug-likeness (QED) is 0.796. The van der Waals surface area contributed by atoms with E-state index in [1.54, 1.807) is 0 Å². The van der Waals surface area contributed by atoms with Crippen molar-refractivity contribution in [2.45, 2.75) is 32.8 Å². The number of anilines is 1. The fraction of sp³-hybridized carbons (Fsp3) is 0.571. The van der Waals surface area contributed by atoms with Gasteiger partial charge in [0, 0.05) is 18.3 Å². The van der Waals surface area contributed by atoms with E-state index in [-0.39, 0.29) is 6.10 Å². The molecule has 1 aliphatic heterocycles. The van der Waals surface area contributed by atoms with Crippen LogP contribution in [0.25, 0.3) is 0 Å². The minimum absolute atomic E-state index is 0.267. The van der Waals surface area contributed by atoms with Crippen molar-refractivity contribution in [2.75, 3.05) is 25.1 Å². The summed E-state index contributed by atoms with van der Waals surface area (Å²) in [5, 5.41) is 3.40. The fourth-order valence-electron chi connectivity index (χ4n) is 1.97. The molecule has 0 saturated heterocycles. The van der Waals surface area contributed by atoms with Crippen LogP contribution < -0.4 is 10.1 Å². The average molecular weight is 235 g/mol. The Hall–Kier alpha value is -1.22. The molecular weight excluding hydrogens is 214 g/mol. The standard InChI is InChI=1S/C14H21NO2/c1-11(2)16-8-9-17-13-6-5-12-4-3-7-15-14(12)10-13/h5-6,10-11,15H,3-4,7-9H2,1-2H3. The van der Waals surface area contributed by atoms with Gasteiger partial charge in [0.15, 0.2) is 0 Å². The Labute approximate surface area is 103 Å². The predicted molar refractivity (Wildman–Crippen MR) is 69.8 cm³/mol. The van der Waals surface area contributed by atoms with Gasteiger partial charge < -0.3 is 14.8 Å². The van der Waals surface area contributed by atoms with Crippen molar-refractivity contribution in [1.82, 2.24) is 0 Å². The van der Waals surface area contributed by atoms with Crippen LogP contribution in [0.4, 0.5) is 5.69 Å². The molecule has 1 aromatic carbocycles. The summed E-state index contributed by atoms with van der Waals surface area (Å²) in [6, 6.07) is 6.28. The number of hydrogen-bond donors (Lipinski definition) is 1. The number of benzene rings is 1. The summed E-state index contributed by atoms with van der Waals surface area (Å²) in [7, 11) is 0. The lowest BCUT2D eigenvalue weighted by Gasteiger charge is -2.19. The molecule has 0 spiro atoms. The first-order valence-corrected chi connectivity index (χ1v) is 6.37. The molecule has 1 aromatic rings. The van der Waals surface area contributed by atoms with Crippen LogP contribution in [-0.4, -0.2) is 25.9 Å². The molecule has 0 atom stereocenters. The zero-order chi connectivity index (χ0) is 12.1. The van der Waals surface area contributed by atoms with Gasteiger partial charge in [0.05, 0.1) is 12.7 Å². The molecule has 0 unspecified atom stereocenters. The summed E-state index contributed by atoms with van der Waals surface area (Å²) in [5.74, 6) is 0.922. The van der Waals surface area contributed by atoms with Crippen LogP contribution in [0, 0.1) is 0 Å². The van der Waals surface area contributed by atoms with Crippen molar-refractivity contribution in [1.29, 1.82) is 0 Å². The molecular formula is C14H21NO2. The van der Waals surface area contributed by atoms with E-state index in [0.29, 0.717) is 13.2 Å². The van der Waals surface area contributed by atoms with Gasteiger partial charge in [-0.05, 0) is 38.3 Å². The fourth-order valence-corrected chi connectivity index (χ4v) is 1.97.